The number of hydrogen-bond acceptors (Lipinski definition) is 5. The lowest BCUT2D eigenvalue weighted by Crippen LogP contribution is -2.46. The highest BCUT2D eigenvalue weighted by Gasteiger charge is 2.26. The van der Waals surface area contributed by atoms with Gasteiger partial charge in [-0.25, -0.2) is 0 Å². The standard InChI is InChI=1S/C23H22BrN3O4/c24-17-3-5-19(6-4-17)30-15-20-7-8-21(31-20)23(29)27-12-9-18(10-13-27)26-22(28)16-2-1-11-25-14-16/h1-8,11,14,18H,9-10,12-13,15H2,(H,26,28). The quantitative estimate of drug-likeness (QED) is 0.571. The van der Waals surface area contributed by atoms with E-state index < -0.39 is 0 Å². The molecule has 31 heavy (non-hydrogen) atoms. The van der Waals surface area contributed by atoms with E-state index in [1.54, 1.807) is 41.6 Å². The number of ether oxygens (including phenoxy) is 1. The molecule has 0 aliphatic carbocycles. The monoisotopic (exact) mass is 483 g/mol. The molecule has 1 aliphatic heterocycles. The zero-order valence-electron chi connectivity index (χ0n) is 16.8. The van der Waals surface area contributed by atoms with Gasteiger partial charge in [0.2, 0.25) is 0 Å². The van der Waals surface area contributed by atoms with Gasteiger partial charge >= 0.3 is 0 Å². The summed E-state index contributed by atoms with van der Waals surface area (Å²) in [5.74, 6) is 1.33. The van der Waals surface area contributed by atoms with Crippen molar-refractivity contribution in [2.75, 3.05) is 13.1 Å². The van der Waals surface area contributed by atoms with Gasteiger partial charge in [-0.05, 0) is 61.4 Å². The number of halogens is 1. The molecule has 2 aromatic heterocycles. The van der Waals surface area contributed by atoms with E-state index in [0.29, 0.717) is 43.0 Å². The Morgan fingerprint density at radius 1 is 1.13 bits per heavy atom. The third kappa shape index (κ3) is 5.52. The molecule has 0 spiro atoms. The molecule has 0 atom stereocenters. The Hall–Kier alpha value is -3.13. The fourth-order valence-electron chi connectivity index (χ4n) is 3.40. The summed E-state index contributed by atoms with van der Waals surface area (Å²) in [7, 11) is 0. The van der Waals surface area contributed by atoms with Crippen LogP contribution >= 0.6 is 15.9 Å². The number of benzene rings is 1. The van der Waals surface area contributed by atoms with E-state index in [1.165, 1.54) is 0 Å². The normalized spacial score (nSPS) is 14.3. The van der Waals surface area contributed by atoms with E-state index in [-0.39, 0.29) is 24.5 Å². The van der Waals surface area contributed by atoms with E-state index in [1.807, 2.05) is 24.3 Å². The number of carbonyl (C=O) groups excluding carboxylic acids is 2. The number of nitrogens with one attached hydrogen (secondary N) is 1. The van der Waals surface area contributed by atoms with Crippen LogP contribution in [-0.4, -0.2) is 40.8 Å². The molecule has 0 bridgehead atoms. The Morgan fingerprint density at radius 2 is 1.90 bits per heavy atom. The number of piperidine rings is 1. The summed E-state index contributed by atoms with van der Waals surface area (Å²) >= 11 is 3.39. The largest absolute Gasteiger partial charge is 0.486 e. The molecule has 7 nitrogen and oxygen atoms in total. The minimum atomic E-state index is -0.146. The predicted octanol–water partition coefficient (Wildman–Crippen LogP) is 4.05. The van der Waals surface area contributed by atoms with Crippen molar-refractivity contribution in [3.63, 3.8) is 0 Å². The topological polar surface area (TPSA) is 84.7 Å². The van der Waals surface area contributed by atoms with E-state index >= 15 is 0 Å². The summed E-state index contributed by atoms with van der Waals surface area (Å²) in [5, 5.41) is 3.01. The number of furan rings is 1. The van der Waals surface area contributed by atoms with Crippen molar-refractivity contribution >= 4 is 27.7 Å². The second kappa shape index (κ2) is 9.78. The molecule has 1 saturated heterocycles. The number of nitrogens with zero attached hydrogens (tertiary/aromatic N) is 2. The number of carbonyl (C=O) groups is 2. The third-order valence-electron chi connectivity index (χ3n) is 5.11. The summed E-state index contributed by atoms with van der Waals surface area (Å²) in [5.41, 5.74) is 0.537. The fourth-order valence-corrected chi connectivity index (χ4v) is 3.67. The maximum atomic E-state index is 12.8. The van der Waals surface area contributed by atoms with E-state index in [0.717, 1.165) is 10.2 Å². The Balaban J connectivity index is 1.26. The van der Waals surface area contributed by atoms with Crippen LogP contribution in [0.1, 0.15) is 39.5 Å². The summed E-state index contributed by atoms with van der Waals surface area (Å²) in [4.78, 5) is 30.8. The minimum Gasteiger partial charge on any atom is -0.486 e. The van der Waals surface area contributed by atoms with Crippen LogP contribution in [0.3, 0.4) is 0 Å². The molecule has 1 N–H and O–H groups in total. The Kier molecular flexibility index (Phi) is 6.66. The molecule has 3 aromatic rings. The van der Waals surface area contributed by atoms with Crippen LogP contribution in [0.25, 0.3) is 0 Å². The second-order valence-electron chi connectivity index (χ2n) is 7.29. The van der Waals surface area contributed by atoms with Gasteiger partial charge < -0.3 is 19.4 Å². The lowest BCUT2D eigenvalue weighted by molar-refractivity contribution is 0.0663. The highest BCUT2D eigenvalue weighted by Crippen LogP contribution is 2.20. The zero-order valence-corrected chi connectivity index (χ0v) is 18.4. The molecule has 0 unspecified atom stereocenters. The number of aromatic nitrogens is 1. The summed E-state index contributed by atoms with van der Waals surface area (Å²) in [6, 6.07) is 14.4. The lowest BCUT2D eigenvalue weighted by Gasteiger charge is -2.31. The van der Waals surface area contributed by atoms with Gasteiger partial charge in [0, 0.05) is 36.0 Å². The van der Waals surface area contributed by atoms with E-state index in [2.05, 4.69) is 26.2 Å². The van der Waals surface area contributed by atoms with Gasteiger partial charge in [0.05, 0.1) is 5.56 Å². The fraction of sp³-hybridized carbons (Fsp3) is 0.261. The molecule has 160 valence electrons. The van der Waals surface area contributed by atoms with Crippen molar-refractivity contribution in [1.82, 2.24) is 15.2 Å². The second-order valence-corrected chi connectivity index (χ2v) is 8.21. The van der Waals surface area contributed by atoms with Crippen LogP contribution in [0.2, 0.25) is 0 Å². The van der Waals surface area contributed by atoms with Crippen molar-refractivity contribution in [1.29, 1.82) is 0 Å². The molecule has 0 radical (unpaired) electrons. The molecule has 1 aromatic carbocycles. The number of pyridine rings is 1. The van der Waals surface area contributed by atoms with Gasteiger partial charge in [-0.15, -0.1) is 0 Å². The Labute approximate surface area is 188 Å². The molecule has 8 heteroatoms. The van der Waals surface area contributed by atoms with Crippen LogP contribution in [0, 0.1) is 0 Å². The van der Waals surface area contributed by atoms with Crippen molar-refractivity contribution < 1.29 is 18.7 Å². The predicted molar refractivity (Wildman–Crippen MR) is 118 cm³/mol. The maximum Gasteiger partial charge on any atom is 0.289 e. The molecular formula is C23H22BrN3O4. The van der Waals surface area contributed by atoms with Crippen LogP contribution < -0.4 is 10.1 Å². The molecular weight excluding hydrogens is 462 g/mol. The van der Waals surface area contributed by atoms with Gasteiger partial charge in [-0.1, -0.05) is 15.9 Å². The van der Waals surface area contributed by atoms with E-state index in [9.17, 15) is 9.59 Å². The van der Waals surface area contributed by atoms with Gasteiger partial charge in [0.1, 0.15) is 18.1 Å². The van der Waals surface area contributed by atoms with Gasteiger partial charge in [0.25, 0.3) is 11.8 Å². The number of amides is 2. The highest BCUT2D eigenvalue weighted by atomic mass is 79.9. The zero-order chi connectivity index (χ0) is 21.6. The van der Waals surface area contributed by atoms with E-state index in [4.69, 9.17) is 9.15 Å². The molecule has 3 heterocycles. The molecule has 0 saturated carbocycles. The molecule has 1 fully saturated rings. The summed E-state index contributed by atoms with van der Waals surface area (Å²) in [6.07, 6.45) is 4.56. The van der Waals surface area contributed by atoms with Crippen LogP contribution in [0.5, 0.6) is 5.75 Å². The highest BCUT2D eigenvalue weighted by molar-refractivity contribution is 9.10. The first kappa shape index (κ1) is 21.1. The van der Waals surface area contributed by atoms with Crippen molar-refractivity contribution in [2.45, 2.75) is 25.5 Å². The average Bonchev–Trinajstić information content (AvgIpc) is 3.28. The number of likely N-dealkylation sites (tertiary alicyclic amines) is 1. The van der Waals surface area contributed by atoms with Crippen LogP contribution in [-0.2, 0) is 6.61 Å². The minimum absolute atomic E-state index is 0.0308. The summed E-state index contributed by atoms with van der Waals surface area (Å²) in [6.45, 7) is 1.36. The van der Waals surface area contributed by atoms with Gasteiger partial charge in [0.15, 0.2) is 5.76 Å². The molecule has 4 rings (SSSR count). The molecule has 1 aliphatic rings. The maximum absolute atomic E-state index is 12.8. The van der Waals surface area contributed by atoms with Crippen molar-refractivity contribution in [3.05, 3.63) is 82.5 Å². The first-order chi connectivity index (χ1) is 15.1. The average molecular weight is 484 g/mol. The Bertz CT molecular complexity index is 1030. The SMILES string of the molecule is O=C(NC1CCN(C(=O)c2ccc(COc3ccc(Br)cc3)o2)CC1)c1cccnc1. The lowest BCUT2D eigenvalue weighted by atomic mass is 10.0. The Morgan fingerprint density at radius 3 is 2.61 bits per heavy atom. The van der Waals surface area contributed by atoms with Crippen LogP contribution in [0.15, 0.2) is 69.8 Å². The van der Waals surface area contributed by atoms with Crippen LogP contribution in [0.4, 0.5) is 0 Å². The van der Waals surface area contributed by atoms with Gasteiger partial charge in [-0.3, -0.25) is 14.6 Å². The first-order valence-electron chi connectivity index (χ1n) is 10.1. The summed E-state index contributed by atoms with van der Waals surface area (Å²) < 4.78 is 12.4. The van der Waals surface area contributed by atoms with Crippen molar-refractivity contribution in [3.8, 4) is 5.75 Å². The van der Waals surface area contributed by atoms with Gasteiger partial charge in [-0.2, -0.15) is 0 Å². The molecule has 2 amide bonds. The smallest absolute Gasteiger partial charge is 0.289 e. The third-order valence-corrected chi connectivity index (χ3v) is 5.64. The number of hydrogen-bond donors (Lipinski definition) is 1. The van der Waals surface area contributed by atoms with Crippen molar-refractivity contribution in [2.24, 2.45) is 0 Å². The first-order valence-corrected chi connectivity index (χ1v) is 10.8. The number of rotatable bonds is 6.